The summed E-state index contributed by atoms with van der Waals surface area (Å²) in [5.74, 6) is 6.80. The van der Waals surface area contributed by atoms with Crippen LogP contribution in [0.2, 0.25) is 0 Å². The first-order valence-electron chi connectivity index (χ1n) is 4.74. The quantitative estimate of drug-likeness (QED) is 0.572. The van der Waals surface area contributed by atoms with E-state index in [1.54, 1.807) is 6.33 Å². The molecule has 1 aromatic rings. The fraction of sp³-hybridized carbons (Fsp3) is 0.556. The van der Waals surface area contributed by atoms with E-state index in [0.29, 0.717) is 5.25 Å². The van der Waals surface area contributed by atoms with E-state index in [2.05, 4.69) is 15.4 Å². The van der Waals surface area contributed by atoms with Crippen molar-refractivity contribution in [1.29, 1.82) is 0 Å². The molecule has 1 fully saturated rings. The Kier molecular flexibility index (Phi) is 3.34. The summed E-state index contributed by atoms with van der Waals surface area (Å²) in [5.41, 5.74) is 3.94. The number of hydrazine groups is 1. The standard InChI is InChI=1S/C9H14N4S/c10-13-9(8-2-1-3-14-8)7-4-11-6-12-5-7/h4-6,8-9,13H,1-3,10H2. The molecule has 14 heavy (non-hydrogen) atoms. The van der Waals surface area contributed by atoms with E-state index in [9.17, 15) is 0 Å². The highest BCUT2D eigenvalue weighted by molar-refractivity contribution is 8.00. The number of nitrogens with two attached hydrogens (primary N) is 1. The molecule has 1 saturated heterocycles. The van der Waals surface area contributed by atoms with Gasteiger partial charge < -0.3 is 0 Å². The van der Waals surface area contributed by atoms with Gasteiger partial charge in [0.2, 0.25) is 0 Å². The third-order valence-electron chi connectivity index (χ3n) is 2.46. The van der Waals surface area contributed by atoms with Gasteiger partial charge in [-0.2, -0.15) is 11.8 Å². The summed E-state index contributed by atoms with van der Waals surface area (Å²) in [6.45, 7) is 0. The molecule has 0 bridgehead atoms. The van der Waals surface area contributed by atoms with Crippen LogP contribution in [0.15, 0.2) is 18.7 Å². The van der Waals surface area contributed by atoms with Crippen LogP contribution in [0.1, 0.15) is 24.4 Å². The first-order chi connectivity index (χ1) is 6.92. The largest absolute Gasteiger partial charge is 0.271 e. The average molecular weight is 210 g/mol. The van der Waals surface area contributed by atoms with Crippen molar-refractivity contribution in [2.24, 2.45) is 5.84 Å². The van der Waals surface area contributed by atoms with E-state index in [0.717, 1.165) is 5.56 Å². The lowest BCUT2D eigenvalue weighted by atomic mass is 10.0. The molecule has 2 atom stereocenters. The molecule has 0 spiro atoms. The van der Waals surface area contributed by atoms with Gasteiger partial charge in [0.15, 0.2) is 0 Å². The monoisotopic (exact) mass is 210 g/mol. The molecular weight excluding hydrogens is 196 g/mol. The predicted molar refractivity (Wildman–Crippen MR) is 57.6 cm³/mol. The molecule has 0 radical (unpaired) electrons. The van der Waals surface area contributed by atoms with Crippen molar-refractivity contribution in [3.05, 3.63) is 24.3 Å². The number of rotatable bonds is 3. The molecule has 3 N–H and O–H groups in total. The normalized spacial score (nSPS) is 23.6. The van der Waals surface area contributed by atoms with Crippen LogP contribution in [0.4, 0.5) is 0 Å². The Hall–Kier alpha value is -0.650. The van der Waals surface area contributed by atoms with Crippen LogP contribution in [0, 0.1) is 0 Å². The number of hydrogen-bond donors (Lipinski definition) is 2. The van der Waals surface area contributed by atoms with Crippen molar-refractivity contribution in [1.82, 2.24) is 15.4 Å². The first-order valence-corrected chi connectivity index (χ1v) is 5.79. The predicted octanol–water partition coefficient (Wildman–Crippen LogP) is 0.877. The second-order valence-electron chi connectivity index (χ2n) is 3.37. The molecular formula is C9H14N4S. The van der Waals surface area contributed by atoms with Gasteiger partial charge in [-0.25, -0.2) is 9.97 Å². The van der Waals surface area contributed by atoms with Crippen molar-refractivity contribution in [3.63, 3.8) is 0 Å². The van der Waals surface area contributed by atoms with Crippen LogP contribution in [0.5, 0.6) is 0 Å². The molecule has 0 aromatic carbocycles. The highest BCUT2D eigenvalue weighted by Gasteiger charge is 2.26. The third-order valence-corrected chi connectivity index (χ3v) is 3.92. The topological polar surface area (TPSA) is 63.8 Å². The van der Waals surface area contributed by atoms with Crippen molar-refractivity contribution in [2.45, 2.75) is 24.1 Å². The molecule has 2 unspecified atom stereocenters. The summed E-state index contributed by atoms with van der Waals surface area (Å²) in [4.78, 5) is 8.02. The smallest absolute Gasteiger partial charge is 0.115 e. The van der Waals surface area contributed by atoms with Gasteiger partial charge in [0.05, 0.1) is 6.04 Å². The maximum absolute atomic E-state index is 5.57. The summed E-state index contributed by atoms with van der Waals surface area (Å²) in [5, 5.41) is 0.561. The number of nitrogens with one attached hydrogen (secondary N) is 1. The summed E-state index contributed by atoms with van der Waals surface area (Å²) in [7, 11) is 0. The Bertz CT molecular complexity index is 273. The zero-order chi connectivity index (χ0) is 9.80. The molecule has 1 aliphatic rings. The summed E-state index contributed by atoms with van der Waals surface area (Å²) in [6.07, 6.45) is 7.70. The van der Waals surface area contributed by atoms with Crippen LogP contribution in [0.3, 0.4) is 0 Å². The number of nitrogens with zero attached hydrogens (tertiary/aromatic N) is 2. The fourth-order valence-corrected chi connectivity index (χ4v) is 3.15. The van der Waals surface area contributed by atoms with Crippen molar-refractivity contribution in [2.75, 3.05) is 5.75 Å². The highest BCUT2D eigenvalue weighted by atomic mass is 32.2. The molecule has 0 aliphatic carbocycles. The lowest BCUT2D eigenvalue weighted by molar-refractivity contribution is 0.517. The minimum Gasteiger partial charge on any atom is -0.271 e. The SMILES string of the molecule is NNC(c1cncnc1)C1CCCS1. The molecule has 0 saturated carbocycles. The number of thioether (sulfide) groups is 1. The van der Waals surface area contributed by atoms with E-state index < -0.39 is 0 Å². The minimum atomic E-state index is 0.184. The second-order valence-corrected chi connectivity index (χ2v) is 4.71. The third kappa shape index (κ3) is 2.05. The van der Waals surface area contributed by atoms with Crippen molar-refractivity contribution in [3.8, 4) is 0 Å². The summed E-state index contributed by atoms with van der Waals surface area (Å²) in [6, 6.07) is 0.184. The van der Waals surface area contributed by atoms with Gasteiger partial charge in [-0.05, 0) is 18.6 Å². The van der Waals surface area contributed by atoms with Gasteiger partial charge in [-0.15, -0.1) is 0 Å². The average Bonchev–Trinajstić information content (AvgIpc) is 2.74. The van der Waals surface area contributed by atoms with Crippen molar-refractivity contribution < 1.29 is 0 Å². The van der Waals surface area contributed by atoms with Gasteiger partial charge in [0.1, 0.15) is 6.33 Å². The molecule has 1 aromatic heterocycles. The van der Waals surface area contributed by atoms with E-state index in [1.165, 1.54) is 18.6 Å². The number of aromatic nitrogens is 2. The van der Waals surface area contributed by atoms with Crippen molar-refractivity contribution >= 4 is 11.8 Å². The fourth-order valence-electron chi connectivity index (χ4n) is 1.75. The van der Waals surface area contributed by atoms with Crippen LogP contribution in [0.25, 0.3) is 0 Å². The minimum absolute atomic E-state index is 0.184. The van der Waals surface area contributed by atoms with Crippen LogP contribution < -0.4 is 11.3 Å². The first kappa shape index (κ1) is 9.89. The molecule has 2 heterocycles. The van der Waals surface area contributed by atoms with Gasteiger partial charge in [-0.3, -0.25) is 11.3 Å². The molecule has 5 heteroatoms. The lowest BCUT2D eigenvalue weighted by Crippen LogP contribution is -2.34. The highest BCUT2D eigenvalue weighted by Crippen LogP contribution is 2.34. The van der Waals surface area contributed by atoms with Crippen LogP contribution in [-0.2, 0) is 0 Å². The van der Waals surface area contributed by atoms with E-state index in [1.807, 2.05) is 24.2 Å². The Balaban J connectivity index is 2.12. The Morgan fingerprint density at radius 1 is 1.50 bits per heavy atom. The lowest BCUT2D eigenvalue weighted by Gasteiger charge is -2.21. The van der Waals surface area contributed by atoms with E-state index in [4.69, 9.17) is 5.84 Å². The van der Waals surface area contributed by atoms with Crippen LogP contribution >= 0.6 is 11.8 Å². The van der Waals surface area contributed by atoms with E-state index in [-0.39, 0.29) is 6.04 Å². The number of hydrogen-bond acceptors (Lipinski definition) is 5. The Morgan fingerprint density at radius 2 is 2.29 bits per heavy atom. The van der Waals surface area contributed by atoms with E-state index >= 15 is 0 Å². The van der Waals surface area contributed by atoms with Gasteiger partial charge in [-0.1, -0.05) is 0 Å². The molecule has 76 valence electrons. The maximum Gasteiger partial charge on any atom is 0.115 e. The van der Waals surface area contributed by atoms with Gasteiger partial charge in [0, 0.05) is 23.2 Å². The summed E-state index contributed by atoms with van der Waals surface area (Å²) < 4.78 is 0. The Morgan fingerprint density at radius 3 is 2.86 bits per heavy atom. The molecule has 1 aliphatic heterocycles. The molecule has 4 nitrogen and oxygen atoms in total. The maximum atomic E-state index is 5.57. The molecule has 2 rings (SSSR count). The zero-order valence-electron chi connectivity index (χ0n) is 7.89. The Labute approximate surface area is 87.7 Å². The van der Waals surface area contributed by atoms with Gasteiger partial charge in [0.25, 0.3) is 0 Å². The second kappa shape index (κ2) is 4.72. The summed E-state index contributed by atoms with van der Waals surface area (Å²) >= 11 is 1.97. The van der Waals surface area contributed by atoms with Gasteiger partial charge >= 0.3 is 0 Å². The zero-order valence-corrected chi connectivity index (χ0v) is 8.70. The molecule has 0 amide bonds. The van der Waals surface area contributed by atoms with Crippen LogP contribution in [-0.4, -0.2) is 21.0 Å².